The standard InChI is InChI=1S/C13H19NO2S/c1-2-9-17(15,16)13-6-4-3-5-12(13)14-10-11-7-8-11/h3-6,11,14H,2,7-10H2,1H3. The van der Waals surface area contributed by atoms with Crippen LogP contribution in [0, 0.1) is 5.92 Å². The average Bonchev–Trinajstić information content (AvgIpc) is 3.10. The van der Waals surface area contributed by atoms with E-state index >= 15 is 0 Å². The summed E-state index contributed by atoms with van der Waals surface area (Å²) in [5, 5.41) is 3.26. The van der Waals surface area contributed by atoms with Gasteiger partial charge in [0.15, 0.2) is 9.84 Å². The third-order valence-electron chi connectivity index (χ3n) is 2.97. The molecule has 1 aromatic carbocycles. The van der Waals surface area contributed by atoms with Crippen LogP contribution in [0.15, 0.2) is 29.2 Å². The molecule has 0 heterocycles. The van der Waals surface area contributed by atoms with Gasteiger partial charge in [-0.25, -0.2) is 8.42 Å². The number of benzene rings is 1. The molecule has 0 bridgehead atoms. The zero-order valence-electron chi connectivity index (χ0n) is 10.1. The Balaban J connectivity index is 2.19. The largest absolute Gasteiger partial charge is 0.384 e. The Bertz CT molecular complexity index is 478. The number of sulfone groups is 1. The number of para-hydroxylation sites is 1. The van der Waals surface area contributed by atoms with E-state index in [9.17, 15) is 8.42 Å². The third kappa shape index (κ3) is 3.22. The van der Waals surface area contributed by atoms with Gasteiger partial charge in [0.2, 0.25) is 0 Å². The maximum absolute atomic E-state index is 12.1. The zero-order chi connectivity index (χ0) is 12.3. The molecule has 1 N–H and O–H groups in total. The van der Waals surface area contributed by atoms with Gasteiger partial charge in [0.1, 0.15) is 0 Å². The fraction of sp³-hybridized carbons (Fsp3) is 0.538. The Hall–Kier alpha value is -1.03. The van der Waals surface area contributed by atoms with E-state index in [4.69, 9.17) is 0 Å². The number of hydrogen-bond donors (Lipinski definition) is 1. The smallest absolute Gasteiger partial charge is 0.180 e. The van der Waals surface area contributed by atoms with Gasteiger partial charge in [0, 0.05) is 6.54 Å². The van der Waals surface area contributed by atoms with Crippen LogP contribution in [0.1, 0.15) is 26.2 Å². The monoisotopic (exact) mass is 253 g/mol. The van der Waals surface area contributed by atoms with Crippen molar-refractivity contribution < 1.29 is 8.42 Å². The Morgan fingerprint density at radius 1 is 1.29 bits per heavy atom. The highest BCUT2D eigenvalue weighted by atomic mass is 32.2. The van der Waals surface area contributed by atoms with Gasteiger partial charge in [-0.2, -0.15) is 0 Å². The van der Waals surface area contributed by atoms with Gasteiger partial charge < -0.3 is 5.32 Å². The lowest BCUT2D eigenvalue weighted by molar-refractivity contribution is 0.595. The summed E-state index contributed by atoms with van der Waals surface area (Å²) in [7, 11) is -3.13. The van der Waals surface area contributed by atoms with E-state index < -0.39 is 9.84 Å². The van der Waals surface area contributed by atoms with Crippen molar-refractivity contribution in [1.29, 1.82) is 0 Å². The first-order chi connectivity index (χ1) is 8.13. The first-order valence-electron chi connectivity index (χ1n) is 6.19. The summed E-state index contributed by atoms with van der Waals surface area (Å²) in [6.45, 7) is 2.77. The van der Waals surface area contributed by atoms with Gasteiger partial charge in [0.25, 0.3) is 0 Å². The number of rotatable bonds is 6. The van der Waals surface area contributed by atoms with E-state index in [0.29, 0.717) is 11.3 Å². The van der Waals surface area contributed by atoms with Gasteiger partial charge in [-0.3, -0.25) is 0 Å². The van der Waals surface area contributed by atoms with Crippen LogP contribution < -0.4 is 5.32 Å². The topological polar surface area (TPSA) is 46.2 Å². The van der Waals surface area contributed by atoms with Crippen molar-refractivity contribution in [3.63, 3.8) is 0 Å². The lowest BCUT2D eigenvalue weighted by atomic mass is 10.3. The molecule has 1 saturated carbocycles. The van der Waals surface area contributed by atoms with Crippen molar-refractivity contribution in [2.75, 3.05) is 17.6 Å². The fourth-order valence-corrected chi connectivity index (χ4v) is 3.36. The summed E-state index contributed by atoms with van der Waals surface area (Å²) in [6, 6.07) is 7.20. The minimum Gasteiger partial charge on any atom is -0.384 e. The lowest BCUT2D eigenvalue weighted by Gasteiger charge is -2.11. The quantitative estimate of drug-likeness (QED) is 0.848. The molecule has 1 fully saturated rings. The van der Waals surface area contributed by atoms with Crippen molar-refractivity contribution in [2.45, 2.75) is 31.1 Å². The fourth-order valence-electron chi connectivity index (χ4n) is 1.84. The molecule has 0 spiro atoms. The Labute approximate surface area is 103 Å². The van der Waals surface area contributed by atoms with Crippen LogP contribution in [-0.4, -0.2) is 20.7 Å². The highest BCUT2D eigenvalue weighted by molar-refractivity contribution is 7.91. The second kappa shape index (κ2) is 5.08. The molecule has 0 amide bonds. The SMILES string of the molecule is CCCS(=O)(=O)c1ccccc1NCC1CC1. The molecule has 0 unspecified atom stereocenters. The van der Waals surface area contributed by atoms with E-state index in [1.807, 2.05) is 19.1 Å². The predicted octanol–water partition coefficient (Wildman–Crippen LogP) is 2.69. The van der Waals surface area contributed by atoms with Crippen LogP contribution in [0.25, 0.3) is 0 Å². The number of hydrogen-bond acceptors (Lipinski definition) is 3. The molecule has 0 atom stereocenters. The molecule has 3 nitrogen and oxygen atoms in total. The summed E-state index contributed by atoms with van der Waals surface area (Å²) in [4.78, 5) is 0.447. The van der Waals surface area contributed by atoms with E-state index in [2.05, 4.69) is 5.32 Å². The Morgan fingerprint density at radius 3 is 2.65 bits per heavy atom. The molecule has 0 saturated heterocycles. The van der Waals surface area contributed by atoms with Crippen LogP contribution in [0.5, 0.6) is 0 Å². The highest BCUT2D eigenvalue weighted by Crippen LogP contribution is 2.30. The number of nitrogens with one attached hydrogen (secondary N) is 1. The van der Waals surface area contributed by atoms with Gasteiger partial charge in [-0.1, -0.05) is 19.1 Å². The van der Waals surface area contributed by atoms with Crippen molar-refractivity contribution >= 4 is 15.5 Å². The van der Waals surface area contributed by atoms with E-state index in [1.165, 1.54) is 12.8 Å². The molecule has 0 radical (unpaired) electrons. The van der Waals surface area contributed by atoms with Crippen LogP contribution in [0.4, 0.5) is 5.69 Å². The molecule has 1 aromatic rings. The molecule has 1 aliphatic carbocycles. The third-order valence-corrected chi connectivity index (χ3v) is 4.94. The highest BCUT2D eigenvalue weighted by Gasteiger charge is 2.22. The minimum absolute atomic E-state index is 0.217. The second-order valence-electron chi connectivity index (χ2n) is 4.64. The first-order valence-corrected chi connectivity index (χ1v) is 7.84. The Kier molecular flexibility index (Phi) is 3.72. The van der Waals surface area contributed by atoms with Gasteiger partial charge in [-0.15, -0.1) is 0 Å². The van der Waals surface area contributed by atoms with Gasteiger partial charge in [-0.05, 0) is 37.3 Å². The maximum Gasteiger partial charge on any atom is 0.180 e. The summed E-state index contributed by atoms with van der Waals surface area (Å²) in [6.07, 6.45) is 3.17. The lowest BCUT2D eigenvalue weighted by Crippen LogP contribution is -2.11. The molecular formula is C13H19NO2S. The Morgan fingerprint density at radius 2 is 2.00 bits per heavy atom. The van der Waals surface area contributed by atoms with Crippen LogP contribution in [-0.2, 0) is 9.84 Å². The summed E-state index contributed by atoms with van der Waals surface area (Å²) in [5.41, 5.74) is 0.757. The van der Waals surface area contributed by atoms with Crippen LogP contribution >= 0.6 is 0 Å². The molecule has 4 heteroatoms. The molecule has 0 aromatic heterocycles. The molecule has 94 valence electrons. The van der Waals surface area contributed by atoms with Crippen molar-refractivity contribution in [3.05, 3.63) is 24.3 Å². The van der Waals surface area contributed by atoms with Gasteiger partial charge >= 0.3 is 0 Å². The molecule has 0 aliphatic heterocycles. The van der Waals surface area contributed by atoms with E-state index in [1.54, 1.807) is 12.1 Å². The second-order valence-corrected chi connectivity index (χ2v) is 6.72. The van der Waals surface area contributed by atoms with Gasteiger partial charge in [0.05, 0.1) is 16.3 Å². The van der Waals surface area contributed by atoms with Crippen LogP contribution in [0.2, 0.25) is 0 Å². The molecule has 17 heavy (non-hydrogen) atoms. The van der Waals surface area contributed by atoms with Crippen molar-refractivity contribution in [2.24, 2.45) is 5.92 Å². The molecular weight excluding hydrogens is 234 g/mol. The molecule has 2 rings (SSSR count). The summed E-state index contributed by atoms with van der Waals surface area (Å²) in [5.74, 6) is 0.951. The summed E-state index contributed by atoms with van der Waals surface area (Å²) < 4.78 is 24.1. The molecule has 1 aliphatic rings. The van der Waals surface area contributed by atoms with Crippen LogP contribution in [0.3, 0.4) is 0 Å². The normalized spacial score (nSPS) is 15.8. The van der Waals surface area contributed by atoms with E-state index in [0.717, 1.165) is 18.2 Å². The zero-order valence-corrected chi connectivity index (χ0v) is 11.0. The number of anilines is 1. The summed E-state index contributed by atoms with van der Waals surface area (Å²) >= 11 is 0. The average molecular weight is 253 g/mol. The van der Waals surface area contributed by atoms with Crippen molar-refractivity contribution in [1.82, 2.24) is 0 Å². The predicted molar refractivity (Wildman–Crippen MR) is 70.0 cm³/mol. The first kappa shape index (κ1) is 12.4. The minimum atomic E-state index is -3.13. The van der Waals surface area contributed by atoms with E-state index in [-0.39, 0.29) is 5.75 Å². The van der Waals surface area contributed by atoms with Crippen molar-refractivity contribution in [3.8, 4) is 0 Å². The maximum atomic E-state index is 12.1.